The standard InChI is InChI=1S/C17H27N5O5/c1-2-3-4-5-6-7-26-11-12-9-22(17(25)19-16(12)24)15-8-13(20-21-18)14(10-23)27-15/h9,13-15,23H,2-8,10-11H2,1H3,(H,19,24,25)/t13-,14+,15-/m0/s1. The summed E-state index contributed by atoms with van der Waals surface area (Å²) in [5, 5.41) is 12.9. The van der Waals surface area contributed by atoms with Gasteiger partial charge in [0.25, 0.3) is 5.56 Å². The van der Waals surface area contributed by atoms with Crippen molar-refractivity contribution in [2.24, 2.45) is 5.11 Å². The van der Waals surface area contributed by atoms with Gasteiger partial charge in [-0.2, -0.15) is 0 Å². The highest BCUT2D eigenvalue weighted by Gasteiger charge is 2.35. The van der Waals surface area contributed by atoms with Gasteiger partial charge in [0.15, 0.2) is 0 Å². The number of ether oxygens (including phenoxy) is 2. The summed E-state index contributed by atoms with van der Waals surface area (Å²) in [7, 11) is 0. The van der Waals surface area contributed by atoms with E-state index in [0.717, 1.165) is 12.8 Å². The van der Waals surface area contributed by atoms with Gasteiger partial charge in [0, 0.05) is 24.1 Å². The van der Waals surface area contributed by atoms with Gasteiger partial charge >= 0.3 is 5.69 Å². The molecule has 0 saturated carbocycles. The quantitative estimate of drug-likeness (QED) is 0.261. The Morgan fingerprint density at radius 3 is 2.89 bits per heavy atom. The number of nitrogens with zero attached hydrogens (tertiary/aromatic N) is 4. The number of H-pyrrole nitrogens is 1. The molecule has 27 heavy (non-hydrogen) atoms. The molecule has 0 amide bonds. The second kappa shape index (κ2) is 10.9. The summed E-state index contributed by atoms with van der Waals surface area (Å²) >= 11 is 0. The zero-order valence-electron chi connectivity index (χ0n) is 15.5. The van der Waals surface area contributed by atoms with Crippen LogP contribution in [-0.4, -0.2) is 40.0 Å². The minimum Gasteiger partial charge on any atom is -0.394 e. The third kappa shape index (κ3) is 5.93. The molecule has 0 spiro atoms. The molecule has 1 aliphatic heterocycles. The zero-order valence-corrected chi connectivity index (χ0v) is 15.5. The average molecular weight is 381 g/mol. The molecule has 3 atom stereocenters. The van der Waals surface area contributed by atoms with Gasteiger partial charge in [-0.15, -0.1) is 0 Å². The highest BCUT2D eigenvalue weighted by atomic mass is 16.5. The Balaban J connectivity index is 2.00. The van der Waals surface area contributed by atoms with Crippen molar-refractivity contribution >= 4 is 0 Å². The predicted octanol–water partition coefficient (Wildman–Crippen LogP) is 1.98. The van der Waals surface area contributed by atoms with Crippen LogP contribution < -0.4 is 11.2 Å². The normalized spacial score (nSPS) is 21.9. The number of aromatic amines is 1. The van der Waals surface area contributed by atoms with E-state index in [4.69, 9.17) is 15.0 Å². The first-order chi connectivity index (χ1) is 13.1. The lowest BCUT2D eigenvalue weighted by molar-refractivity contribution is -0.0274. The molecule has 10 nitrogen and oxygen atoms in total. The minimum atomic E-state index is -0.727. The monoisotopic (exact) mass is 381 g/mol. The Bertz CT molecular complexity index is 755. The van der Waals surface area contributed by atoms with Crippen LogP contribution in [0, 0.1) is 0 Å². The first kappa shape index (κ1) is 21.2. The molecule has 2 rings (SSSR count). The molecule has 0 aliphatic carbocycles. The van der Waals surface area contributed by atoms with Crippen molar-refractivity contribution in [1.29, 1.82) is 0 Å². The van der Waals surface area contributed by atoms with E-state index in [1.807, 2.05) is 0 Å². The van der Waals surface area contributed by atoms with Crippen LogP contribution in [-0.2, 0) is 16.1 Å². The van der Waals surface area contributed by atoms with Crippen molar-refractivity contribution in [2.75, 3.05) is 13.2 Å². The van der Waals surface area contributed by atoms with Gasteiger partial charge in [0.2, 0.25) is 0 Å². The molecular formula is C17H27N5O5. The van der Waals surface area contributed by atoms with Gasteiger partial charge in [-0.05, 0) is 12.0 Å². The van der Waals surface area contributed by atoms with Crippen LogP contribution in [0.5, 0.6) is 0 Å². The van der Waals surface area contributed by atoms with Gasteiger partial charge in [0.1, 0.15) is 6.23 Å². The highest BCUT2D eigenvalue weighted by molar-refractivity contribution is 5.04. The maximum Gasteiger partial charge on any atom is 0.330 e. The molecule has 150 valence electrons. The summed E-state index contributed by atoms with van der Waals surface area (Å²) in [6, 6.07) is -0.577. The molecule has 1 aliphatic rings. The molecule has 0 aromatic carbocycles. The molecule has 1 aromatic rings. The summed E-state index contributed by atoms with van der Waals surface area (Å²) < 4.78 is 12.4. The molecule has 1 saturated heterocycles. The Hall–Kier alpha value is -2.13. The lowest BCUT2D eigenvalue weighted by atomic mass is 10.1. The largest absolute Gasteiger partial charge is 0.394 e. The number of unbranched alkanes of at least 4 members (excludes halogenated alkanes) is 4. The lowest BCUT2D eigenvalue weighted by Crippen LogP contribution is -2.34. The van der Waals surface area contributed by atoms with Crippen LogP contribution in [0.25, 0.3) is 10.4 Å². The van der Waals surface area contributed by atoms with Crippen molar-refractivity contribution < 1.29 is 14.6 Å². The van der Waals surface area contributed by atoms with Crippen molar-refractivity contribution in [2.45, 2.75) is 70.4 Å². The Labute approximate surface area is 156 Å². The zero-order chi connectivity index (χ0) is 19.6. The van der Waals surface area contributed by atoms with Gasteiger partial charge in [-0.25, -0.2) is 4.79 Å². The van der Waals surface area contributed by atoms with Gasteiger partial charge in [-0.3, -0.25) is 14.3 Å². The van der Waals surface area contributed by atoms with Crippen LogP contribution in [0.3, 0.4) is 0 Å². The summed E-state index contributed by atoms with van der Waals surface area (Å²) in [4.78, 5) is 29.1. The fraction of sp³-hybridized carbons (Fsp3) is 0.765. The maximum atomic E-state index is 12.1. The molecular weight excluding hydrogens is 354 g/mol. The van der Waals surface area contributed by atoms with Crippen molar-refractivity contribution in [3.8, 4) is 0 Å². The van der Waals surface area contributed by atoms with E-state index in [-0.39, 0.29) is 19.6 Å². The van der Waals surface area contributed by atoms with Gasteiger partial charge in [-0.1, -0.05) is 37.7 Å². The molecule has 1 fully saturated rings. The van der Waals surface area contributed by atoms with Crippen molar-refractivity contribution in [3.05, 3.63) is 43.0 Å². The first-order valence-electron chi connectivity index (χ1n) is 9.33. The van der Waals surface area contributed by atoms with E-state index in [1.54, 1.807) is 0 Å². The first-order valence-corrected chi connectivity index (χ1v) is 9.33. The molecule has 0 bridgehead atoms. The van der Waals surface area contributed by atoms with E-state index in [9.17, 15) is 14.7 Å². The average Bonchev–Trinajstić information content (AvgIpc) is 3.05. The van der Waals surface area contributed by atoms with E-state index in [1.165, 1.54) is 30.0 Å². The Kier molecular flexibility index (Phi) is 8.53. The second-order valence-corrected chi connectivity index (χ2v) is 6.61. The number of nitrogens with one attached hydrogen (secondary N) is 1. The van der Waals surface area contributed by atoms with Crippen LogP contribution in [0.4, 0.5) is 0 Å². The fourth-order valence-corrected chi connectivity index (χ4v) is 3.07. The van der Waals surface area contributed by atoms with E-state index in [0.29, 0.717) is 12.2 Å². The Morgan fingerprint density at radius 1 is 1.41 bits per heavy atom. The van der Waals surface area contributed by atoms with Crippen LogP contribution in [0.1, 0.15) is 57.2 Å². The number of rotatable bonds is 11. The summed E-state index contributed by atoms with van der Waals surface area (Å²) in [5.41, 5.74) is 7.81. The van der Waals surface area contributed by atoms with Crippen molar-refractivity contribution in [1.82, 2.24) is 9.55 Å². The van der Waals surface area contributed by atoms with Crippen LogP contribution in [0.15, 0.2) is 20.9 Å². The molecule has 2 N–H and O–H groups in total. The van der Waals surface area contributed by atoms with Crippen LogP contribution in [0.2, 0.25) is 0 Å². The number of hydrogen-bond acceptors (Lipinski definition) is 6. The summed E-state index contributed by atoms with van der Waals surface area (Å²) in [5.74, 6) is 0. The van der Waals surface area contributed by atoms with E-state index >= 15 is 0 Å². The predicted molar refractivity (Wildman–Crippen MR) is 98.3 cm³/mol. The molecule has 10 heteroatoms. The van der Waals surface area contributed by atoms with Crippen LogP contribution >= 0.6 is 0 Å². The summed E-state index contributed by atoms with van der Waals surface area (Å²) in [6.45, 7) is 2.47. The smallest absolute Gasteiger partial charge is 0.330 e. The minimum absolute atomic E-state index is 0.0965. The number of aliphatic hydroxyl groups is 1. The van der Waals surface area contributed by atoms with E-state index in [2.05, 4.69) is 21.9 Å². The number of hydrogen-bond donors (Lipinski definition) is 2. The topological polar surface area (TPSA) is 142 Å². The molecule has 0 unspecified atom stereocenters. The molecule has 0 radical (unpaired) electrons. The number of aromatic nitrogens is 2. The van der Waals surface area contributed by atoms with Gasteiger partial charge in [0.05, 0.1) is 30.9 Å². The number of aliphatic hydroxyl groups excluding tert-OH is 1. The molecule has 1 aromatic heterocycles. The van der Waals surface area contributed by atoms with E-state index < -0.39 is 29.6 Å². The highest BCUT2D eigenvalue weighted by Crippen LogP contribution is 2.29. The lowest BCUT2D eigenvalue weighted by Gasteiger charge is -2.15. The third-order valence-electron chi connectivity index (χ3n) is 4.59. The fourth-order valence-electron chi connectivity index (χ4n) is 3.07. The summed E-state index contributed by atoms with van der Waals surface area (Å²) in [6.07, 6.45) is 5.80. The van der Waals surface area contributed by atoms with Crippen molar-refractivity contribution in [3.63, 3.8) is 0 Å². The maximum absolute atomic E-state index is 12.1. The SMILES string of the molecule is CCCCCCCOCc1cn([C@@H]2C[C@H](N=[N+]=[N-])[C@@H](CO)O2)c(=O)[nH]c1=O. The Morgan fingerprint density at radius 2 is 2.19 bits per heavy atom. The van der Waals surface area contributed by atoms with Gasteiger partial charge < -0.3 is 14.6 Å². The third-order valence-corrected chi connectivity index (χ3v) is 4.59. The second-order valence-electron chi connectivity index (χ2n) is 6.61. The number of azide groups is 1. The molecule has 2 heterocycles.